The number of allylic oxidation sites excluding steroid dienone is 1. The number of carbonyl (C=O) groups excluding carboxylic acids is 6. The first-order chi connectivity index (χ1) is 29.6. The zero-order valence-corrected chi connectivity index (χ0v) is 38.2. The summed E-state index contributed by atoms with van der Waals surface area (Å²) in [5, 5.41) is 39.2. The van der Waals surface area contributed by atoms with Gasteiger partial charge in [0.2, 0.25) is 0 Å². The minimum atomic E-state index is -2.76. The molecule has 352 valence electrons. The summed E-state index contributed by atoms with van der Waals surface area (Å²) < 4.78 is 64.4. The van der Waals surface area contributed by atoms with Crippen LogP contribution in [0.2, 0.25) is 0 Å². The number of esters is 6. The lowest BCUT2D eigenvalue weighted by atomic mass is 9.31. The van der Waals surface area contributed by atoms with Crippen molar-refractivity contribution in [1.29, 1.82) is 0 Å². The van der Waals surface area contributed by atoms with Crippen LogP contribution in [0, 0.1) is 45.8 Å². The average molecular weight is 903 g/mol. The van der Waals surface area contributed by atoms with Gasteiger partial charge in [-0.3, -0.25) is 19.2 Å². The summed E-state index contributed by atoms with van der Waals surface area (Å²) >= 11 is 0. The first-order valence-electron chi connectivity index (χ1n) is 21.6. The number of hydrogen-bond donors (Lipinski definition) is 3. The van der Waals surface area contributed by atoms with Gasteiger partial charge in [0.1, 0.15) is 23.6 Å². The van der Waals surface area contributed by atoms with Crippen molar-refractivity contribution in [3.8, 4) is 0 Å². The minimum Gasteiger partial charge on any atom is -0.511 e. The average Bonchev–Trinajstić information content (AvgIpc) is 3.90. The van der Waals surface area contributed by atoms with Gasteiger partial charge in [0.15, 0.2) is 41.2 Å². The van der Waals surface area contributed by atoms with Crippen molar-refractivity contribution in [2.24, 2.45) is 45.8 Å². The van der Waals surface area contributed by atoms with Gasteiger partial charge in [-0.05, 0) is 12.5 Å². The fourth-order valence-electron chi connectivity index (χ4n) is 13.9. The normalized spacial score (nSPS) is 45.7. The summed E-state index contributed by atoms with van der Waals surface area (Å²) in [5.74, 6) is -14.8. The molecule has 64 heavy (non-hydrogen) atoms. The van der Waals surface area contributed by atoms with Crippen LogP contribution in [0.5, 0.6) is 0 Å². The van der Waals surface area contributed by atoms with E-state index in [0.717, 1.165) is 21.0 Å². The molecular weight excluding hydrogens is 844 g/mol. The summed E-state index contributed by atoms with van der Waals surface area (Å²) in [5.41, 5.74) is -16.5. The van der Waals surface area contributed by atoms with Gasteiger partial charge in [0.05, 0.1) is 42.5 Å². The van der Waals surface area contributed by atoms with E-state index in [0.29, 0.717) is 0 Å². The van der Waals surface area contributed by atoms with E-state index in [4.69, 9.17) is 47.0 Å². The van der Waals surface area contributed by atoms with E-state index in [1.165, 1.54) is 32.4 Å². The van der Waals surface area contributed by atoms with Gasteiger partial charge in [-0.1, -0.05) is 62.3 Å². The third kappa shape index (κ3) is 5.05. The molecule has 4 saturated carbocycles. The molecule has 1 aromatic rings. The van der Waals surface area contributed by atoms with Gasteiger partial charge in [0, 0.05) is 54.9 Å². The van der Waals surface area contributed by atoms with Crippen molar-refractivity contribution in [1.82, 2.24) is 0 Å². The van der Waals surface area contributed by atoms with Crippen molar-refractivity contribution in [3.05, 3.63) is 35.5 Å². The lowest BCUT2D eigenvalue weighted by Gasteiger charge is -2.78. The first kappa shape index (κ1) is 46.0. The molecule has 4 aliphatic carbocycles. The fourth-order valence-corrected chi connectivity index (χ4v) is 13.9. The maximum Gasteiger partial charge on any atom is 0.338 e. The molecule has 3 aliphatic heterocycles. The maximum atomic E-state index is 15.1. The van der Waals surface area contributed by atoms with Crippen LogP contribution in [0.15, 0.2) is 34.3 Å². The molecule has 4 heterocycles. The van der Waals surface area contributed by atoms with Crippen molar-refractivity contribution in [2.45, 2.75) is 155 Å². The van der Waals surface area contributed by atoms with Crippen LogP contribution in [0.25, 0.3) is 0 Å². The lowest BCUT2D eigenvalue weighted by Crippen LogP contribution is -2.98. The minimum absolute atomic E-state index is 0.202. The molecule has 0 radical (unpaired) electrons. The van der Waals surface area contributed by atoms with Crippen LogP contribution in [-0.2, 0) is 71.4 Å². The molecule has 7 aliphatic rings. The third-order valence-corrected chi connectivity index (χ3v) is 15.7. The Bertz CT molecular complexity index is 2230. The number of ether oxygens (including phenoxy) is 9. The second-order valence-electron chi connectivity index (χ2n) is 20.3. The number of hydrogen-bond acceptors (Lipinski definition) is 19. The Morgan fingerprint density at radius 2 is 1.38 bits per heavy atom. The summed E-state index contributed by atoms with van der Waals surface area (Å²) in [6.07, 6.45) is -9.19. The predicted octanol–water partition coefficient (Wildman–Crippen LogP) is 3.27. The molecule has 3 N–H and O–H groups in total. The van der Waals surface area contributed by atoms with Gasteiger partial charge in [-0.2, -0.15) is 0 Å². The summed E-state index contributed by atoms with van der Waals surface area (Å²) in [7, 11) is 1.05. The van der Waals surface area contributed by atoms with Gasteiger partial charge >= 0.3 is 35.8 Å². The van der Waals surface area contributed by atoms with E-state index >= 15 is 4.79 Å². The van der Waals surface area contributed by atoms with E-state index in [1.807, 2.05) is 0 Å². The number of aliphatic hydroxyl groups excluding tert-OH is 2. The SMILES string of the molecule is COC(=O)C(O)C1C2(C)CC34OC5(C)OC6(C7C(=C(O)C(C)C)C(=O)OC(c8ccoc8)C7(C)C(OC(=O)C(C)C)C(OC(=O)C(C)C)C6(O5)C13C)C(OC(C)=O)C4(O)C2OC(C)=O. The highest BCUT2D eigenvalue weighted by molar-refractivity contribution is 5.92. The smallest absolute Gasteiger partial charge is 0.338 e. The standard InChI is InChI=1S/C45H58O19/c1-18(2)25(48)24-27-39(10,29(59-34(24)52)23-14-15-56-16-23)30(60-32(50)19(3)4)31(61-33(51)20(5)6)45-40(11)28(26(49)35(53)55-13)38(9)17-42(40)43(54,36(38)57-21(7)46)37(58-22(8)47)44(27,45)63-41(12,62-42)64-45/h14-16,18-20,26-31,36-37,48-49,54H,17H2,1-13H3. The van der Waals surface area contributed by atoms with Crippen LogP contribution in [-0.4, -0.2) is 117 Å². The third-order valence-electron chi connectivity index (χ3n) is 15.7. The Kier molecular flexibility index (Phi) is 10.0. The molecule has 19 nitrogen and oxygen atoms in total. The Morgan fingerprint density at radius 1 is 0.797 bits per heavy atom. The van der Waals surface area contributed by atoms with Crippen LogP contribution in [0.4, 0.5) is 0 Å². The molecule has 16 atom stereocenters. The van der Waals surface area contributed by atoms with Crippen LogP contribution >= 0.6 is 0 Å². The van der Waals surface area contributed by atoms with E-state index in [2.05, 4.69) is 0 Å². The van der Waals surface area contributed by atoms with Gasteiger partial charge in [-0.25, -0.2) is 9.59 Å². The Morgan fingerprint density at radius 3 is 1.89 bits per heavy atom. The second kappa shape index (κ2) is 14.0. The topological polar surface area (TPSA) is 259 Å². The molecular formula is C45H58O19. The molecule has 4 bridgehead atoms. The monoisotopic (exact) mass is 902 g/mol. The predicted molar refractivity (Wildman–Crippen MR) is 211 cm³/mol. The van der Waals surface area contributed by atoms with Crippen LogP contribution < -0.4 is 0 Å². The molecule has 3 saturated heterocycles. The number of cyclic esters (lactones) is 1. The summed E-state index contributed by atoms with van der Waals surface area (Å²) in [6, 6.07) is 1.49. The Balaban J connectivity index is 1.65. The zero-order chi connectivity index (χ0) is 47.4. The van der Waals surface area contributed by atoms with Crippen molar-refractivity contribution in [3.63, 3.8) is 0 Å². The van der Waals surface area contributed by atoms with Gasteiger partial charge in [0.25, 0.3) is 5.97 Å². The van der Waals surface area contributed by atoms with Gasteiger partial charge in [-0.15, -0.1) is 0 Å². The highest BCUT2D eigenvalue weighted by atomic mass is 16.9. The number of methoxy groups -OCH3 is 1. The van der Waals surface area contributed by atoms with E-state index < -0.39 is 158 Å². The molecule has 0 aromatic carbocycles. The molecule has 2 spiro atoms. The number of rotatable bonds is 10. The number of fused-ring (bicyclic) bond motifs is 3. The van der Waals surface area contributed by atoms with E-state index in [9.17, 15) is 39.3 Å². The van der Waals surface area contributed by atoms with E-state index in [1.54, 1.807) is 55.4 Å². The number of furan rings is 1. The van der Waals surface area contributed by atoms with Crippen molar-refractivity contribution < 1.29 is 91.1 Å². The van der Waals surface area contributed by atoms with E-state index in [-0.39, 0.29) is 12.0 Å². The largest absolute Gasteiger partial charge is 0.511 e. The summed E-state index contributed by atoms with van der Waals surface area (Å²) in [4.78, 5) is 85.2. The van der Waals surface area contributed by atoms with Crippen LogP contribution in [0.1, 0.15) is 101 Å². The number of aliphatic hydroxyl groups is 3. The molecule has 1 aromatic heterocycles. The van der Waals surface area contributed by atoms with Crippen molar-refractivity contribution in [2.75, 3.05) is 7.11 Å². The molecule has 19 heteroatoms. The fraction of sp³-hybridized carbons (Fsp3) is 0.733. The molecule has 0 amide bonds. The highest BCUT2D eigenvalue weighted by Crippen LogP contribution is 2.90. The maximum absolute atomic E-state index is 15.1. The Labute approximate surface area is 369 Å². The first-order valence-corrected chi connectivity index (χ1v) is 21.6. The second-order valence-corrected chi connectivity index (χ2v) is 20.3. The molecule has 8 rings (SSSR count). The molecule has 16 unspecified atom stereocenters. The highest BCUT2D eigenvalue weighted by Gasteiger charge is 3.07. The molecule has 7 fully saturated rings. The quantitative estimate of drug-likeness (QED) is 0.132. The van der Waals surface area contributed by atoms with Gasteiger partial charge < -0.3 is 62.4 Å². The Hall–Kier alpha value is -4.56. The number of carbonyl (C=O) groups is 6. The summed E-state index contributed by atoms with van der Waals surface area (Å²) in [6.45, 7) is 17.5. The van der Waals surface area contributed by atoms with Crippen LogP contribution in [0.3, 0.4) is 0 Å². The van der Waals surface area contributed by atoms with Crippen molar-refractivity contribution >= 4 is 35.8 Å². The zero-order valence-electron chi connectivity index (χ0n) is 38.2. The lowest BCUT2D eigenvalue weighted by molar-refractivity contribution is -0.492.